The summed E-state index contributed by atoms with van der Waals surface area (Å²) >= 11 is 0. The summed E-state index contributed by atoms with van der Waals surface area (Å²) in [5.74, 6) is -1.72. The van der Waals surface area contributed by atoms with E-state index in [1.54, 1.807) is 0 Å². The molecule has 1 heterocycles. The van der Waals surface area contributed by atoms with Crippen LogP contribution >= 0.6 is 0 Å². The van der Waals surface area contributed by atoms with Gasteiger partial charge in [-0.2, -0.15) is 8.78 Å². The van der Waals surface area contributed by atoms with E-state index in [0.29, 0.717) is 38.9 Å². The standard InChI is InChI=1S/C23H31F3O3/c1-21-7-6-17-22(2)12-15-14(28-9-10-29-15)11-13(22)5-8-23(17,19(24)20(25)26)16(21)3-4-18(21)27/h5,14-18,27H,3-4,6-12H2,1-2H3/t14?,15?,16-,17-,18-,21+,22+,23-/m1/s1. The molecule has 5 rings (SSSR count). The van der Waals surface area contributed by atoms with Crippen molar-refractivity contribution >= 4 is 0 Å². The van der Waals surface area contributed by atoms with Crippen LogP contribution in [0.1, 0.15) is 58.8 Å². The predicted octanol–water partition coefficient (Wildman–Crippen LogP) is 5.15. The van der Waals surface area contributed by atoms with Crippen molar-refractivity contribution in [2.45, 2.75) is 77.1 Å². The van der Waals surface area contributed by atoms with Crippen LogP contribution in [0.2, 0.25) is 0 Å². The van der Waals surface area contributed by atoms with Crippen molar-refractivity contribution in [2.24, 2.45) is 28.1 Å². The van der Waals surface area contributed by atoms with E-state index >= 15 is 4.39 Å². The zero-order valence-corrected chi connectivity index (χ0v) is 17.2. The third kappa shape index (κ3) is 2.54. The summed E-state index contributed by atoms with van der Waals surface area (Å²) in [6.45, 7) is 5.24. The molecule has 1 saturated heterocycles. The van der Waals surface area contributed by atoms with Crippen LogP contribution in [0.4, 0.5) is 13.2 Å². The second-order valence-electron chi connectivity index (χ2n) is 10.4. The van der Waals surface area contributed by atoms with E-state index in [2.05, 4.69) is 6.92 Å². The Morgan fingerprint density at radius 2 is 1.76 bits per heavy atom. The number of aliphatic hydroxyl groups excluding tert-OH is 1. The van der Waals surface area contributed by atoms with E-state index < -0.39 is 28.8 Å². The largest absolute Gasteiger partial charge is 0.393 e. The SMILES string of the molecule is C[C@]12CC[C@H]3[C@@](C(F)=C(F)F)(CC=C4CC5OCCOC5C[C@@]43C)[C@@H]1CC[C@H]2O. The molecule has 1 aliphatic heterocycles. The van der Waals surface area contributed by atoms with Gasteiger partial charge in [0.2, 0.25) is 0 Å². The molecule has 0 bridgehead atoms. The molecule has 0 spiro atoms. The summed E-state index contributed by atoms with van der Waals surface area (Å²) in [6.07, 6.45) is 3.51. The summed E-state index contributed by atoms with van der Waals surface area (Å²) in [4.78, 5) is 0. The van der Waals surface area contributed by atoms with Gasteiger partial charge in [0.25, 0.3) is 0 Å². The fourth-order valence-electron chi connectivity index (χ4n) is 8.07. The zero-order valence-electron chi connectivity index (χ0n) is 17.2. The van der Waals surface area contributed by atoms with E-state index in [1.165, 1.54) is 5.57 Å². The molecule has 3 nitrogen and oxygen atoms in total. The lowest BCUT2D eigenvalue weighted by molar-refractivity contribution is -0.184. The maximum Gasteiger partial charge on any atom is 0.302 e. The molecule has 29 heavy (non-hydrogen) atoms. The van der Waals surface area contributed by atoms with E-state index in [9.17, 15) is 13.9 Å². The Morgan fingerprint density at radius 3 is 2.48 bits per heavy atom. The van der Waals surface area contributed by atoms with Crippen molar-refractivity contribution in [1.29, 1.82) is 0 Å². The Kier molecular flexibility index (Phi) is 4.55. The predicted molar refractivity (Wildman–Crippen MR) is 102 cm³/mol. The van der Waals surface area contributed by atoms with Gasteiger partial charge < -0.3 is 14.6 Å². The highest BCUT2D eigenvalue weighted by Crippen LogP contribution is 2.72. The molecule has 4 aliphatic carbocycles. The van der Waals surface area contributed by atoms with Crippen LogP contribution in [0.15, 0.2) is 23.6 Å². The maximum absolute atomic E-state index is 15.5. The van der Waals surface area contributed by atoms with Gasteiger partial charge in [-0.3, -0.25) is 0 Å². The van der Waals surface area contributed by atoms with Gasteiger partial charge in [-0.1, -0.05) is 25.5 Å². The lowest BCUT2D eigenvalue weighted by atomic mass is 9.41. The van der Waals surface area contributed by atoms with Gasteiger partial charge in [-0.05, 0) is 67.6 Å². The van der Waals surface area contributed by atoms with Gasteiger partial charge in [0.1, 0.15) is 0 Å². The normalized spacial score (nSPS) is 51.2. The molecule has 162 valence electrons. The fourth-order valence-corrected chi connectivity index (χ4v) is 8.07. The molecule has 0 aromatic carbocycles. The number of hydrogen-bond donors (Lipinski definition) is 1. The van der Waals surface area contributed by atoms with Crippen LogP contribution in [0.5, 0.6) is 0 Å². The minimum atomic E-state index is -2.19. The van der Waals surface area contributed by atoms with Crippen LogP contribution in [0, 0.1) is 28.1 Å². The van der Waals surface area contributed by atoms with Crippen LogP contribution in [0.3, 0.4) is 0 Å². The van der Waals surface area contributed by atoms with Crippen molar-refractivity contribution in [3.8, 4) is 0 Å². The van der Waals surface area contributed by atoms with Gasteiger partial charge in [-0.25, -0.2) is 4.39 Å². The Labute approximate surface area is 170 Å². The van der Waals surface area contributed by atoms with Crippen molar-refractivity contribution in [1.82, 2.24) is 0 Å². The van der Waals surface area contributed by atoms with E-state index in [1.807, 2.05) is 13.0 Å². The molecular formula is C23H31F3O3. The second-order valence-corrected chi connectivity index (χ2v) is 10.4. The lowest BCUT2D eigenvalue weighted by Gasteiger charge is -2.63. The number of fused-ring (bicyclic) bond motifs is 6. The molecular weight excluding hydrogens is 381 g/mol. The first-order chi connectivity index (χ1) is 13.7. The monoisotopic (exact) mass is 412 g/mol. The Morgan fingerprint density at radius 1 is 1.03 bits per heavy atom. The quantitative estimate of drug-likeness (QED) is 0.605. The van der Waals surface area contributed by atoms with E-state index in [4.69, 9.17) is 9.47 Å². The van der Waals surface area contributed by atoms with E-state index in [-0.39, 0.29) is 35.9 Å². The molecule has 0 aromatic rings. The van der Waals surface area contributed by atoms with Gasteiger partial charge in [0.05, 0.1) is 31.5 Å². The second kappa shape index (κ2) is 6.57. The van der Waals surface area contributed by atoms with Crippen molar-refractivity contribution in [3.05, 3.63) is 23.6 Å². The van der Waals surface area contributed by atoms with Crippen molar-refractivity contribution in [2.75, 3.05) is 13.2 Å². The van der Waals surface area contributed by atoms with Crippen LogP contribution < -0.4 is 0 Å². The first-order valence-electron chi connectivity index (χ1n) is 11.1. The van der Waals surface area contributed by atoms with Gasteiger partial charge in [-0.15, -0.1) is 0 Å². The molecule has 1 N–H and O–H groups in total. The first kappa shape index (κ1) is 20.1. The molecule has 4 fully saturated rings. The number of halogens is 3. The highest BCUT2D eigenvalue weighted by molar-refractivity contribution is 5.34. The summed E-state index contributed by atoms with van der Waals surface area (Å²) < 4.78 is 55.1. The number of allylic oxidation sites excluding steroid dienone is 2. The summed E-state index contributed by atoms with van der Waals surface area (Å²) in [5, 5.41) is 10.7. The average Bonchev–Trinajstić information content (AvgIpc) is 3.00. The third-order valence-electron chi connectivity index (χ3n) is 9.47. The molecule has 8 atom stereocenters. The molecule has 0 radical (unpaired) electrons. The number of ether oxygens (including phenoxy) is 2. The summed E-state index contributed by atoms with van der Waals surface area (Å²) in [6, 6.07) is 0. The van der Waals surface area contributed by atoms with Crippen LogP contribution in [-0.4, -0.2) is 36.6 Å². The van der Waals surface area contributed by atoms with Gasteiger partial charge in [0.15, 0.2) is 5.83 Å². The van der Waals surface area contributed by atoms with Crippen LogP contribution in [0.25, 0.3) is 0 Å². The number of rotatable bonds is 1. The molecule has 0 amide bonds. The maximum atomic E-state index is 15.5. The molecule has 5 aliphatic rings. The van der Waals surface area contributed by atoms with Crippen molar-refractivity contribution < 1.29 is 27.8 Å². The van der Waals surface area contributed by atoms with Gasteiger partial charge >= 0.3 is 6.08 Å². The molecule has 2 unspecified atom stereocenters. The smallest absolute Gasteiger partial charge is 0.302 e. The summed E-state index contributed by atoms with van der Waals surface area (Å²) in [5.41, 5.74) is -0.905. The van der Waals surface area contributed by atoms with Crippen molar-refractivity contribution in [3.63, 3.8) is 0 Å². The first-order valence-corrected chi connectivity index (χ1v) is 11.1. The third-order valence-corrected chi connectivity index (χ3v) is 9.47. The lowest BCUT2D eigenvalue weighted by Crippen LogP contribution is -2.60. The number of hydrogen-bond acceptors (Lipinski definition) is 3. The Bertz CT molecular complexity index is 762. The van der Waals surface area contributed by atoms with Gasteiger partial charge in [0, 0.05) is 5.41 Å². The summed E-state index contributed by atoms with van der Waals surface area (Å²) in [7, 11) is 0. The Hall–Kier alpha value is -0.850. The zero-order chi connectivity index (χ0) is 20.6. The highest BCUT2D eigenvalue weighted by Gasteiger charge is 2.68. The fraction of sp³-hybridized carbons (Fsp3) is 0.826. The van der Waals surface area contributed by atoms with Crippen LogP contribution in [-0.2, 0) is 9.47 Å². The van der Waals surface area contributed by atoms with E-state index in [0.717, 1.165) is 12.8 Å². The number of aliphatic hydroxyl groups is 1. The average molecular weight is 412 g/mol. The topological polar surface area (TPSA) is 38.7 Å². The molecule has 6 heteroatoms. The minimum Gasteiger partial charge on any atom is -0.393 e. The molecule has 0 aromatic heterocycles. The highest BCUT2D eigenvalue weighted by atomic mass is 19.3. The minimum absolute atomic E-state index is 0.0102. The Balaban J connectivity index is 1.64. The molecule has 3 saturated carbocycles.